The van der Waals surface area contributed by atoms with Gasteiger partial charge < -0.3 is 18.9 Å². The molecule has 0 fully saturated rings. The third-order valence-electron chi connectivity index (χ3n) is 3.42. The first-order valence-electron chi connectivity index (χ1n) is 7.07. The maximum atomic E-state index is 12.3. The molecule has 5 heteroatoms. The first-order chi connectivity index (χ1) is 10.7. The number of methoxy groups -OCH3 is 1. The molecule has 2 aromatic heterocycles. The molecule has 0 spiro atoms. The molecule has 0 aliphatic heterocycles. The van der Waals surface area contributed by atoms with Crippen LogP contribution in [0.5, 0.6) is 5.75 Å². The predicted octanol–water partition coefficient (Wildman–Crippen LogP) is 3.40. The molecule has 0 saturated carbocycles. The van der Waals surface area contributed by atoms with Crippen molar-refractivity contribution < 1.29 is 18.4 Å². The molecule has 3 rings (SSSR count). The molecule has 0 aliphatic rings. The number of fused-ring (bicyclic) bond motifs is 1. The summed E-state index contributed by atoms with van der Waals surface area (Å²) in [5.41, 5.74) is 0.578. The molecule has 3 aromatic rings. The van der Waals surface area contributed by atoms with Gasteiger partial charge in [0.15, 0.2) is 17.1 Å². The Hall–Kier alpha value is -2.69. The number of carbonyl (C=O) groups excluding carboxylic acids is 1. The number of furan rings is 2. The van der Waals surface area contributed by atoms with Crippen molar-refractivity contribution >= 4 is 16.9 Å². The van der Waals surface area contributed by atoms with Gasteiger partial charge in [0.05, 0.1) is 13.4 Å². The second kappa shape index (κ2) is 5.97. The Balaban J connectivity index is 1.74. The molecule has 1 N–H and O–H groups in total. The van der Waals surface area contributed by atoms with Gasteiger partial charge in [0.25, 0.3) is 5.91 Å². The number of amides is 1. The van der Waals surface area contributed by atoms with E-state index in [1.54, 1.807) is 25.5 Å². The van der Waals surface area contributed by atoms with Crippen LogP contribution >= 0.6 is 0 Å². The molecule has 0 bridgehead atoms. The molecule has 0 saturated heterocycles. The number of carbonyl (C=O) groups is 1. The van der Waals surface area contributed by atoms with Gasteiger partial charge in [0, 0.05) is 17.8 Å². The van der Waals surface area contributed by atoms with Gasteiger partial charge in [-0.25, -0.2) is 0 Å². The minimum atomic E-state index is -0.252. The summed E-state index contributed by atoms with van der Waals surface area (Å²) >= 11 is 0. The Bertz CT molecular complexity index is 773. The minimum Gasteiger partial charge on any atom is -0.493 e. The molecule has 1 aromatic carbocycles. The summed E-state index contributed by atoms with van der Waals surface area (Å²) in [6, 6.07) is 10.9. The normalized spacial score (nSPS) is 12.3. The molecule has 1 amide bonds. The van der Waals surface area contributed by atoms with E-state index in [0.717, 1.165) is 11.1 Å². The van der Waals surface area contributed by atoms with E-state index in [1.807, 2.05) is 31.2 Å². The van der Waals surface area contributed by atoms with Gasteiger partial charge >= 0.3 is 0 Å². The van der Waals surface area contributed by atoms with E-state index in [9.17, 15) is 4.79 Å². The highest BCUT2D eigenvalue weighted by Crippen LogP contribution is 2.28. The fraction of sp³-hybridized carbons (Fsp3) is 0.235. The van der Waals surface area contributed by atoms with Crippen LogP contribution in [0, 0.1) is 0 Å². The Morgan fingerprint density at radius 1 is 1.32 bits per heavy atom. The van der Waals surface area contributed by atoms with E-state index in [4.69, 9.17) is 13.6 Å². The number of para-hydroxylation sites is 1. The molecular formula is C17H17NO4. The molecule has 0 aliphatic carbocycles. The lowest BCUT2D eigenvalue weighted by molar-refractivity contribution is 0.0913. The largest absolute Gasteiger partial charge is 0.493 e. The van der Waals surface area contributed by atoms with Crippen LogP contribution in [-0.2, 0) is 6.42 Å². The van der Waals surface area contributed by atoms with Gasteiger partial charge in [-0.1, -0.05) is 12.1 Å². The van der Waals surface area contributed by atoms with Crippen molar-refractivity contribution in [2.75, 3.05) is 7.11 Å². The fourth-order valence-electron chi connectivity index (χ4n) is 2.39. The van der Waals surface area contributed by atoms with Crippen LogP contribution in [0.1, 0.15) is 23.2 Å². The predicted molar refractivity (Wildman–Crippen MR) is 82.1 cm³/mol. The number of benzene rings is 1. The van der Waals surface area contributed by atoms with Crippen molar-refractivity contribution in [3.05, 3.63) is 54.2 Å². The summed E-state index contributed by atoms with van der Waals surface area (Å²) in [7, 11) is 1.57. The SMILES string of the molecule is COc1cccc2cc(C(=O)NC(C)Cc3ccco3)oc12. The highest BCUT2D eigenvalue weighted by Gasteiger charge is 2.17. The minimum absolute atomic E-state index is 0.0613. The quantitative estimate of drug-likeness (QED) is 0.784. The molecule has 114 valence electrons. The summed E-state index contributed by atoms with van der Waals surface area (Å²) in [5.74, 6) is 1.46. The van der Waals surface area contributed by atoms with Crippen molar-refractivity contribution in [1.82, 2.24) is 5.32 Å². The van der Waals surface area contributed by atoms with E-state index in [2.05, 4.69) is 5.32 Å². The average molecular weight is 299 g/mol. The Labute approximate surface area is 127 Å². The summed E-state index contributed by atoms with van der Waals surface area (Å²) in [5, 5.41) is 3.74. The van der Waals surface area contributed by atoms with E-state index in [0.29, 0.717) is 17.8 Å². The van der Waals surface area contributed by atoms with Crippen LogP contribution in [0.4, 0.5) is 0 Å². The van der Waals surface area contributed by atoms with Crippen molar-refractivity contribution in [3.63, 3.8) is 0 Å². The van der Waals surface area contributed by atoms with Crippen LogP contribution in [0.2, 0.25) is 0 Å². The third kappa shape index (κ3) is 2.83. The Kier molecular flexibility index (Phi) is 3.87. The maximum Gasteiger partial charge on any atom is 0.287 e. The number of rotatable bonds is 5. The maximum absolute atomic E-state index is 12.3. The van der Waals surface area contributed by atoms with Gasteiger partial charge in [0.1, 0.15) is 5.76 Å². The van der Waals surface area contributed by atoms with Crippen LogP contribution < -0.4 is 10.1 Å². The molecule has 1 unspecified atom stereocenters. The van der Waals surface area contributed by atoms with E-state index in [-0.39, 0.29) is 17.7 Å². The van der Waals surface area contributed by atoms with Gasteiger partial charge in [-0.05, 0) is 31.2 Å². The topological polar surface area (TPSA) is 64.6 Å². The fourth-order valence-corrected chi connectivity index (χ4v) is 2.39. The zero-order chi connectivity index (χ0) is 15.5. The second-order valence-corrected chi connectivity index (χ2v) is 5.15. The zero-order valence-electron chi connectivity index (χ0n) is 12.5. The summed E-state index contributed by atoms with van der Waals surface area (Å²) in [6.45, 7) is 1.92. The summed E-state index contributed by atoms with van der Waals surface area (Å²) < 4.78 is 16.1. The van der Waals surface area contributed by atoms with Crippen molar-refractivity contribution in [2.24, 2.45) is 0 Å². The van der Waals surface area contributed by atoms with E-state index in [1.165, 1.54) is 0 Å². The Morgan fingerprint density at radius 2 is 2.18 bits per heavy atom. The van der Waals surface area contributed by atoms with Crippen LogP contribution in [-0.4, -0.2) is 19.1 Å². The van der Waals surface area contributed by atoms with Crippen LogP contribution in [0.15, 0.2) is 51.5 Å². The van der Waals surface area contributed by atoms with E-state index < -0.39 is 0 Å². The number of hydrogen-bond donors (Lipinski definition) is 1. The zero-order valence-corrected chi connectivity index (χ0v) is 12.5. The highest BCUT2D eigenvalue weighted by atomic mass is 16.5. The third-order valence-corrected chi connectivity index (χ3v) is 3.42. The van der Waals surface area contributed by atoms with Crippen molar-refractivity contribution in [1.29, 1.82) is 0 Å². The van der Waals surface area contributed by atoms with Gasteiger partial charge in [-0.3, -0.25) is 4.79 Å². The number of ether oxygens (including phenoxy) is 1. The lowest BCUT2D eigenvalue weighted by Crippen LogP contribution is -2.33. The van der Waals surface area contributed by atoms with Crippen molar-refractivity contribution in [2.45, 2.75) is 19.4 Å². The molecular weight excluding hydrogens is 282 g/mol. The second-order valence-electron chi connectivity index (χ2n) is 5.15. The molecule has 22 heavy (non-hydrogen) atoms. The Morgan fingerprint density at radius 3 is 2.91 bits per heavy atom. The number of nitrogens with one attached hydrogen (secondary N) is 1. The average Bonchev–Trinajstić information content (AvgIpc) is 3.15. The summed E-state index contributed by atoms with van der Waals surface area (Å²) in [6.07, 6.45) is 2.25. The van der Waals surface area contributed by atoms with Crippen molar-refractivity contribution in [3.8, 4) is 5.75 Å². The van der Waals surface area contributed by atoms with Gasteiger partial charge in [-0.2, -0.15) is 0 Å². The molecule has 0 radical (unpaired) electrons. The molecule has 2 heterocycles. The first-order valence-corrected chi connectivity index (χ1v) is 7.07. The monoisotopic (exact) mass is 299 g/mol. The molecule has 5 nitrogen and oxygen atoms in total. The molecule has 1 atom stereocenters. The lowest BCUT2D eigenvalue weighted by atomic mass is 10.2. The van der Waals surface area contributed by atoms with Gasteiger partial charge in [0.2, 0.25) is 0 Å². The lowest BCUT2D eigenvalue weighted by Gasteiger charge is -2.10. The van der Waals surface area contributed by atoms with Crippen LogP contribution in [0.3, 0.4) is 0 Å². The first kappa shape index (κ1) is 14.3. The smallest absolute Gasteiger partial charge is 0.287 e. The summed E-state index contributed by atoms with van der Waals surface area (Å²) in [4.78, 5) is 12.3. The highest BCUT2D eigenvalue weighted by molar-refractivity contribution is 5.97. The van der Waals surface area contributed by atoms with E-state index >= 15 is 0 Å². The van der Waals surface area contributed by atoms with Gasteiger partial charge in [-0.15, -0.1) is 0 Å². The number of hydrogen-bond acceptors (Lipinski definition) is 4. The standard InChI is InChI=1S/C17H17NO4/c1-11(9-13-6-4-8-21-13)18-17(19)15-10-12-5-3-7-14(20-2)16(12)22-15/h3-8,10-11H,9H2,1-2H3,(H,18,19). The van der Waals surface area contributed by atoms with Crippen LogP contribution in [0.25, 0.3) is 11.0 Å².